The summed E-state index contributed by atoms with van der Waals surface area (Å²) in [5, 5.41) is 5.80. The van der Waals surface area contributed by atoms with Gasteiger partial charge in [0, 0.05) is 41.8 Å². The molecular formula is C28H27N3O3. The fourth-order valence-corrected chi connectivity index (χ4v) is 4.56. The largest absolute Gasteiger partial charge is 0.449 e. The maximum atomic E-state index is 13.5. The van der Waals surface area contributed by atoms with Crippen LogP contribution in [0.25, 0.3) is 21.7 Å². The number of hydrogen-bond donors (Lipinski definition) is 1. The van der Waals surface area contributed by atoms with E-state index in [0.29, 0.717) is 24.2 Å². The normalized spacial score (nSPS) is 14.5. The molecule has 0 radical (unpaired) electrons. The molecule has 0 saturated carbocycles. The van der Waals surface area contributed by atoms with Crippen LogP contribution in [0.4, 0.5) is 5.69 Å². The monoisotopic (exact) mass is 453 g/mol. The molecule has 1 aliphatic rings. The lowest BCUT2D eigenvalue weighted by Gasteiger charge is -2.27. The Bertz CT molecular complexity index is 1400. The molecule has 0 fully saturated rings. The highest BCUT2D eigenvalue weighted by Crippen LogP contribution is 2.29. The minimum atomic E-state index is -0.900. The third kappa shape index (κ3) is 4.24. The Morgan fingerprint density at radius 2 is 1.82 bits per heavy atom. The SMILES string of the molecule is CCC(OC(=O)c1c2c(nc3ccccc13)CCN(C)C2)C(=O)Nc1ccc2ccccc2c1. The lowest BCUT2D eigenvalue weighted by atomic mass is 9.96. The first kappa shape index (κ1) is 22.0. The van der Waals surface area contributed by atoms with Crippen LogP contribution in [-0.2, 0) is 22.5 Å². The number of likely N-dealkylation sites (N-methyl/N-ethyl adjacent to an activating group) is 1. The Morgan fingerprint density at radius 1 is 1.06 bits per heavy atom. The summed E-state index contributed by atoms with van der Waals surface area (Å²) in [7, 11) is 2.03. The van der Waals surface area contributed by atoms with Gasteiger partial charge in [-0.1, -0.05) is 55.5 Å². The molecular weight excluding hydrogens is 426 g/mol. The van der Waals surface area contributed by atoms with Gasteiger partial charge < -0.3 is 15.0 Å². The van der Waals surface area contributed by atoms with Crippen molar-refractivity contribution < 1.29 is 14.3 Å². The number of nitrogens with one attached hydrogen (secondary N) is 1. The maximum absolute atomic E-state index is 13.5. The molecule has 0 spiro atoms. The van der Waals surface area contributed by atoms with E-state index in [4.69, 9.17) is 9.72 Å². The van der Waals surface area contributed by atoms with Crippen LogP contribution in [0.15, 0.2) is 66.7 Å². The summed E-state index contributed by atoms with van der Waals surface area (Å²) in [6.45, 7) is 3.35. The summed E-state index contributed by atoms with van der Waals surface area (Å²) in [6.07, 6.45) is 0.246. The number of anilines is 1. The molecule has 6 nitrogen and oxygen atoms in total. The van der Waals surface area contributed by atoms with Crippen LogP contribution in [0.1, 0.15) is 35.0 Å². The van der Waals surface area contributed by atoms with Crippen molar-refractivity contribution in [3.05, 3.63) is 83.6 Å². The van der Waals surface area contributed by atoms with E-state index < -0.39 is 12.1 Å². The van der Waals surface area contributed by atoms with Gasteiger partial charge in [0.2, 0.25) is 0 Å². The van der Waals surface area contributed by atoms with Gasteiger partial charge in [-0.25, -0.2) is 4.79 Å². The summed E-state index contributed by atoms with van der Waals surface area (Å²) in [5.74, 6) is -0.818. The van der Waals surface area contributed by atoms with Gasteiger partial charge in [0.1, 0.15) is 0 Å². The number of aromatic nitrogens is 1. The molecule has 0 aliphatic carbocycles. The first-order valence-electron chi connectivity index (χ1n) is 11.6. The van der Waals surface area contributed by atoms with Crippen LogP contribution in [0.2, 0.25) is 0 Å². The van der Waals surface area contributed by atoms with Gasteiger partial charge in [-0.05, 0) is 42.4 Å². The standard InChI is InChI=1S/C28H27N3O3/c1-3-25(27(32)29-20-13-12-18-8-4-5-9-19(18)16-20)34-28(33)26-21-10-6-7-11-23(21)30-24-14-15-31(2)17-22(24)26/h4-13,16,25H,3,14-15,17H2,1-2H3,(H,29,32). The molecule has 4 aromatic rings. The minimum Gasteiger partial charge on any atom is -0.449 e. The molecule has 1 unspecified atom stereocenters. The van der Waals surface area contributed by atoms with E-state index in [1.54, 1.807) is 0 Å². The highest BCUT2D eigenvalue weighted by atomic mass is 16.5. The summed E-state index contributed by atoms with van der Waals surface area (Å²) in [4.78, 5) is 33.5. The Balaban J connectivity index is 1.42. The zero-order chi connectivity index (χ0) is 23.7. The van der Waals surface area contributed by atoms with Gasteiger partial charge >= 0.3 is 5.97 Å². The van der Waals surface area contributed by atoms with Crippen molar-refractivity contribution in [3.63, 3.8) is 0 Å². The molecule has 172 valence electrons. The molecule has 0 bridgehead atoms. The number of nitrogens with zero attached hydrogens (tertiary/aromatic N) is 2. The van der Waals surface area contributed by atoms with Crippen LogP contribution in [-0.4, -0.2) is 41.5 Å². The minimum absolute atomic E-state index is 0.338. The van der Waals surface area contributed by atoms with E-state index in [9.17, 15) is 9.59 Å². The predicted molar refractivity (Wildman–Crippen MR) is 134 cm³/mol. The van der Waals surface area contributed by atoms with Crippen LogP contribution >= 0.6 is 0 Å². The average molecular weight is 454 g/mol. The number of esters is 1. The van der Waals surface area contributed by atoms with E-state index in [1.165, 1.54) is 0 Å². The fraction of sp³-hybridized carbons (Fsp3) is 0.250. The van der Waals surface area contributed by atoms with E-state index in [0.717, 1.165) is 45.9 Å². The lowest BCUT2D eigenvalue weighted by molar-refractivity contribution is -0.124. The number of pyridine rings is 1. The van der Waals surface area contributed by atoms with E-state index in [2.05, 4.69) is 10.2 Å². The topological polar surface area (TPSA) is 71.5 Å². The van der Waals surface area contributed by atoms with Crippen molar-refractivity contribution in [1.82, 2.24) is 9.88 Å². The van der Waals surface area contributed by atoms with Gasteiger partial charge in [0.05, 0.1) is 11.1 Å². The summed E-state index contributed by atoms with van der Waals surface area (Å²) in [6, 6.07) is 21.3. The number of rotatable bonds is 5. The van der Waals surface area contributed by atoms with Crippen LogP contribution in [0.3, 0.4) is 0 Å². The highest BCUT2D eigenvalue weighted by Gasteiger charge is 2.28. The zero-order valence-corrected chi connectivity index (χ0v) is 19.4. The number of para-hydroxylation sites is 1. The number of hydrogen-bond acceptors (Lipinski definition) is 5. The first-order valence-corrected chi connectivity index (χ1v) is 11.6. The van der Waals surface area contributed by atoms with Gasteiger partial charge in [-0.15, -0.1) is 0 Å². The molecule has 6 heteroatoms. The number of carbonyl (C=O) groups is 2. The van der Waals surface area contributed by atoms with Crippen LogP contribution in [0.5, 0.6) is 0 Å². The number of benzene rings is 3. The quantitative estimate of drug-likeness (QED) is 0.433. The molecule has 3 aromatic carbocycles. The average Bonchev–Trinajstić information content (AvgIpc) is 2.85. The second kappa shape index (κ2) is 9.23. The Kier molecular flexibility index (Phi) is 5.99. The van der Waals surface area contributed by atoms with Crippen LogP contribution in [0, 0.1) is 0 Å². The van der Waals surface area contributed by atoms with E-state index in [1.807, 2.05) is 80.7 Å². The second-order valence-electron chi connectivity index (χ2n) is 8.77. The van der Waals surface area contributed by atoms with Gasteiger partial charge in [-0.2, -0.15) is 0 Å². The highest BCUT2D eigenvalue weighted by molar-refractivity contribution is 6.06. The molecule has 1 N–H and O–H groups in total. The zero-order valence-electron chi connectivity index (χ0n) is 19.4. The lowest BCUT2D eigenvalue weighted by Crippen LogP contribution is -2.34. The van der Waals surface area contributed by atoms with Crippen molar-refractivity contribution in [2.24, 2.45) is 0 Å². The molecule has 34 heavy (non-hydrogen) atoms. The van der Waals surface area contributed by atoms with Crippen molar-refractivity contribution in [2.45, 2.75) is 32.4 Å². The predicted octanol–water partition coefficient (Wildman–Crippen LogP) is 4.95. The summed E-state index contributed by atoms with van der Waals surface area (Å²) in [5.41, 5.74) is 3.78. The second-order valence-corrected chi connectivity index (χ2v) is 8.77. The van der Waals surface area contributed by atoms with Gasteiger partial charge in [0.15, 0.2) is 6.10 Å². The van der Waals surface area contributed by atoms with E-state index in [-0.39, 0.29) is 5.91 Å². The van der Waals surface area contributed by atoms with Crippen molar-refractivity contribution in [1.29, 1.82) is 0 Å². The smallest absolute Gasteiger partial charge is 0.340 e. The third-order valence-corrected chi connectivity index (χ3v) is 6.37. The molecule has 1 atom stereocenters. The Labute approximate surface area is 198 Å². The fourth-order valence-electron chi connectivity index (χ4n) is 4.56. The number of fused-ring (bicyclic) bond motifs is 3. The summed E-state index contributed by atoms with van der Waals surface area (Å²) < 4.78 is 5.82. The van der Waals surface area contributed by atoms with Crippen molar-refractivity contribution >= 4 is 39.2 Å². The number of amides is 1. The molecule has 1 aromatic heterocycles. The first-order chi connectivity index (χ1) is 16.5. The van der Waals surface area contributed by atoms with Crippen molar-refractivity contribution in [3.8, 4) is 0 Å². The number of carbonyl (C=O) groups excluding carboxylic acids is 2. The molecule has 2 heterocycles. The third-order valence-electron chi connectivity index (χ3n) is 6.37. The Hall–Kier alpha value is -3.77. The summed E-state index contributed by atoms with van der Waals surface area (Å²) >= 11 is 0. The maximum Gasteiger partial charge on any atom is 0.340 e. The van der Waals surface area contributed by atoms with Gasteiger partial charge in [0.25, 0.3) is 5.91 Å². The van der Waals surface area contributed by atoms with E-state index >= 15 is 0 Å². The Morgan fingerprint density at radius 3 is 2.65 bits per heavy atom. The molecule has 1 aliphatic heterocycles. The van der Waals surface area contributed by atoms with Crippen LogP contribution < -0.4 is 5.32 Å². The molecule has 1 amide bonds. The number of ether oxygens (including phenoxy) is 1. The van der Waals surface area contributed by atoms with Gasteiger partial charge in [-0.3, -0.25) is 9.78 Å². The molecule has 5 rings (SSSR count). The van der Waals surface area contributed by atoms with Crippen molar-refractivity contribution in [2.75, 3.05) is 18.9 Å². The molecule has 0 saturated heterocycles.